The summed E-state index contributed by atoms with van der Waals surface area (Å²) in [5.41, 5.74) is 2.32. The first kappa shape index (κ1) is 10.8. The van der Waals surface area contributed by atoms with Crippen LogP contribution in [-0.2, 0) is 16.8 Å². The smallest absolute Gasteiger partial charge is 0.121 e. The molecule has 0 saturated carbocycles. The highest BCUT2D eigenvalue weighted by Gasteiger charge is 2.46. The molecule has 1 heterocycles. The van der Waals surface area contributed by atoms with Gasteiger partial charge in [0.25, 0.3) is 0 Å². The molecule has 1 aliphatic heterocycles. The summed E-state index contributed by atoms with van der Waals surface area (Å²) in [5, 5.41) is 0.769. The van der Waals surface area contributed by atoms with Gasteiger partial charge < -0.3 is 4.74 Å². The van der Waals surface area contributed by atoms with Gasteiger partial charge in [-0.3, -0.25) is 0 Å². The third-order valence-corrected chi connectivity index (χ3v) is 3.41. The van der Waals surface area contributed by atoms with Crippen LogP contribution in [0, 0.1) is 0 Å². The zero-order valence-corrected chi connectivity index (χ0v) is 10.2. The van der Waals surface area contributed by atoms with Crippen LogP contribution in [0.3, 0.4) is 0 Å². The van der Waals surface area contributed by atoms with Gasteiger partial charge >= 0.3 is 0 Å². The summed E-state index contributed by atoms with van der Waals surface area (Å²) in [5.74, 6) is 0. The van der Waals surface area contributed by atoms with Crippen LogP contribution in [0.1, 0.15) is 11.1 Å². The summed E-state index contributed by atoms with van der Waals surface area (Å²) in [4.78, 5) is 0. The molecule has 2 heteroatoms. The second kappa shape index (κ2) is 4.17. The minimum absolute atomic E-state index is 0.147. The van der Waals surface area contributed by atoms with Crippen LogP contribution in [0.4, 0.5) is 0 Å². The first-order chi connectivity index (χ1) is 8.28. The molecular formula is C15H13ClO. The maximum Gasteiger partial charge on any atom is 0.121 e. The molecule has 0 spiro atoms. The number of hydrogen-bond acceptors (Lipinski definition) is 1. The van der Waals surface area contributed by atoms with E-state index in [-0.39, 0.29) is 5.60 Å². The molecule has 0 aromatic heterocycles. The Morgan fingerprint density at radius 3 is 2.47 bits per heavy atom. The fourth-order valence-electron chi connectivity index (χ4n) is 2.16. The molecule has 0 N–H and O–H groups in total. The van der Waals surface area contributed by atoms with Gasteiger partial charge in [-0.25, -0.2) is 0 Å². The van der Waals surface area contributed by atoms with Gasteiger partial charge in [-0.05, 0) is 23.3 Å². The van der Waals surface area contributed by atoms with Crippen molar-refractivity contribution in [2.75, 3.05) is 6.61 Å². The van der Waals surface area contributed by atoms with E-state index in [1.807, 2.05) is 24.3 Å². The highest BCUT2D eigenvalue weighted by molar-refractivity contribution is 6.30. The van der Waals surface area contributed by atoms with E-state index in [0.29, 0.717) is 0 Å². The summed E-state index contributed by atoms with van der Waals surface area (Å²) in [6, 6.07) is 18.4. The molecule has 1 atom stereocenters. The van der Waals surface area contributed by atoms with Crippen LogP contribution < -0.4 is 0 Å². The standard InChI is InChI=1S/C15H13ClO/c16-14-8-4-7-13(9-14)15(11-17-15)10-12-5-2-1-3-6-12/h1-9H,10-11H2. The fraction of sp³-hybridized carbons (Fsp3) is 0.200. The Labute approximate surface area is 106 Å². The number of rotatable bonds is 3. The molecule has 1 aliphatic rings. The lowest BCUT2D eigenvalue weighted by atomic mass is 9.92. The van der Waals surface area contributed by atoms with Crippen LogP contribution in [0.2, 0.25) is 5.02 Å². The van der Waals surface area contributed by atoms with E-state index in [0.717, 1.165) is 18.1 Å². The lowest BCUT2D eigenvalue weighted by Gasteiger charge is -2.12. The van der Waals surface area contributed by atoms with Crippen molar-refractivity contribution in [2.45, 2.75) is 12.0 Å². The number of halogens is 1. The lowest BCUT2D eigenvalue weighted by molar-refractivity contribution is 0.306. The normalized spacial score (nSPS) is 22.4. The van der Waals surface area contributed by atoms with Crippen molar-refractivity contribution in [1.82, 2.24) is 0 Å². The highest BCUT2D eigenvalue weighted by Crippen LogP contribution is 2.42. The summed E-state index contributed by atoms with van der Waals surface area (Å²) in [7, 11) is 0. The van der Waals surface area contributed by atoms with Crippen LogP contribution in [-0.4, -0.2) is 6.61 Å². The molecule has 17 heavy (non-hydrogen) atoms. The number of epoxide rings is 1. The second-order valence-electron chi connectivity index (χ2n) is 4.46. The molecule has 2 aromatic carbocycles. The third-order valence-electron chi connectivity index (χ3n) is 3.18. The second-order valence-corrected chi connectivity index (χ2v) is 4.89. The van der Waals surface area contributed by atoms with Crippen molar-refractivity contribution in [3.63, 3.8) is 0 Å². The van der Waals surface area contributed by atoms with Gasteiger partial charge in [0.15, 0.2) is 0 Å². The van der Waals surface area contributed by atoms with Gasteiger partial charge in [0.2, 0.25) is 0 Å². The van der Waals surface area contributed by atoms with Crippen molar-refractivity contribution < 1.29 is 4.74 Å². The molecule has 1 fully saturated rings. The predicted octanol–water partition coefficient (Wildman–Crippen LogP) is 3.81. The van der Waals surface area contributed by atoms with Crippen molar-refractivity contribution >= 4 is 11.6 Å². The molecule has 0 radical (unpaired) electrons. The molecule has 3 rings (SSSR count). The van der Waals surface area contributed by atoms with E-state index in [2.05, 4.69) is 30.3 Å². The Kier molecular flexibility index (Phi) is 2.65. The zero-order chi connectivity index (χ0) is 11.7. The molecule has 2 aromatic rings. The number of ether oxygens (including phenoxy) is 1. The SMILES string of the molecule is Clc1cccc(C2(Cc3ccccc3)CO2)c1. The summed E-state index contributed by atoms with van der Waals surface area (Å²) in [6.45, 7) is 0.780. The molecule has 1 unspecified atom stereocenters. The van der Waals surface area contributed by atoms with E-state index in [9.17, 15) is 0 Å². The van der Waals surface area contributed by atoms with Crippen LogP contribution in [0.25, 0.3) is 0 Å². The first-order valence-electron chi connectivity index (χ1n) is 5.72. The van der Waals surface area contributed by atoms with E-state index in [4.69, 9.17) is 16.3 Å². The van der Waals surface area contributed by atoms with E-state index in [1.165, 1.54) is 11.1 Å². The quantitative estimate of drug-likeness (QED) is 0.748. The summed E-state index contributed by atoms with van der Waals surface area (Å²) < 4.78 is 5.68. The molecule has 0 amide bonds. The average molecular weight is 245 g/mol. The molecular weight excluding hydrogens is 232 g/mol. The van der Waals surface area contributed by atoms with Crippen LogP contribution in [0.15, 0.2) is 54.6 Å². The number of hydrogen-bond donors (Lipinski definition) is 0. The van der Waals surface area contributed by atoms with Gasteiger partial charge in [0.05, 0.1) is 6.61 Å². The van der Waals surface area contributed by atoms with Crippen LogP contribution >= 0.6 is 11.6 Å². The predicted molar refractivity (Wildman–Crippen MR) is 69.2 cm³/mol. The van der Waals surface area contributed by atoms with Gasteiger partial charge in [0, 0.05) is 11.4 Å². The van der Waals surface area contributed by atoms with E-state index in [1.54, 1.807) is 0 Å². The fourth-order valence-corrected chi connectivity index (χ4v) is 2.35. The van der Waals surface area contributed by atoms with E-state index < -0.39 is 0 Å². The summed E-state index contributed by atoms with van der Waals surface area (Å²) in [6.07, 6.45) is 0.911. The maximum absolute atomic E-state index is 6.03. The molecule has 86 valence electrons. The van der Waals surface area contributed by atoms with Gasteiger partial charge in [-0.15, -0.1) is 0 Å². The molecule has 1 saturated heterocycles. The Balaban J connectivity index is 1.88. The summed E-state index contributed by atoms with van der Waals surface area (Å²) >= 11 is 6.03. The third kappa shape index (κ3) is 2.21. The van der Waals surface area contributed by atoms with Crippen molar-refractivity contribution in [3.8, 4) is 0 Å². The number of benzene rings is 2. The van der Waals surface area contributed by atoms with Gasteiger partial charge in [0.1, 0.15) is 5.60 Å². The van der Waals surface area contributed by atoms with E-state index >= 15 is 0 Å². The average Bonchev–Trinajstić information content (AvgIpc) is 3.11. The monoisotopic (exact) mass is 244 g/mol. The van der Waals surface area contributed by atoms with Crippen molar-refractivity contribution in [3.05, 3.63) is 70.7 Å². The lowest BCUT2D eigenvalue weighted by Crippen LogP contribution is -2.12. The van der Waals surface area contributed by atoms with Gasteiger partial charge in [-0.1, -0.05) is 54.1 Å². The van der Waals surface area contributed by atoms with Crippen molar-refractivity contribution in [2.24, 2.45) is 0 Å². The Hall–Kier alpha value is -1.31. The first-order valence-corrected chi connectivity index (χ1v) is 6.10. The maximum atomic E-state index is 6.03. The molecule has 1 nitrogen and oxygen atoms in total. The Bertz CT molecular complexity index is 517. The molecule has 0 aliphatic carbocycles. The minimum atomic E-state index is -0.147. The van der Waals surface area contributed by atoms with Gasteiger partial charge in [-0.2, -0.15) is 0 Å². The topological polar surface area (TPSA) is 12.5 Å². The minimum Gasteiger partial charge on any atom is -0.364 e. The molecule has 0 bridgehead atoms. The largest absolute Gasteiger partial charge is 0.364 e. The Morgan fingerprint density at radius 2 is 1.82 bits per heavy atom. The zero-order valence-electron chi connectivity index (χ0n) is 9.40. The highest BCUT2D eigenvalue weighted by atomic mass is 35.5. The van der Waals surface area contributed by atoms with Crippen LogP contribution in [0.5, 0.6) is 0 Å². The Morgan fingerprint density at radius 1 is 1.06 bits per heavy atom. The van der Waals surface area contributed by atoms with Crippen molar-refractivity contribution in [1.29, 1.82) is 0 Å².